The van der Waals surface area contributed by atoms with E-state index in [4.69, 9.17) is 0 Å². The third-order valence-electron chi connectivity index (χ3n) is 12.1. The maximum Gasteiger partial charge on any atom is 0.0554 e. The van der Waals surface area contributed by atoms with Crippen LogP contribution in [0.25, 0.3) is 23.4 Å². The van der Waals surface area contributed by atoms with Gasteiger partial charge in [0.15, 0.2) is 0 Å². The zero-order chi connectivity index (χ0) is 29.0. The van der Waals surface area contributed by atoms with Gasteiger partial charge < -0.3 is 9.47 Å². The van der Waals surface area contributed by atoms with Crippen molar-refractivity contribution < 1.29 is 0 Å². The lowest BCUT2D eigenvalue weighted by Crippen LogP contribution is -2.42. The molecule has 0 spiro atoms. The normalized spacial score (nSPS) is 34.7. The van der Waals surface area contributed by atoms with Crippen molar-refractivity contribution in [3.8, 4) is 0 Å². The van der Waals surface area contributed by atoms with Crippen molar-refractivity contribution in [3.63, 3.8) is 0 Å². The smallest absolute Gasteiger partial charge is 0.0554 e. The van der Waals surface area contributed by atoms with E-state index in [2.05, 4.69) is 113 Å². The molecule has 0 radical (unpaired) electrons. The van der Waals surface area contributed by atoms with Crippen LogP contribution in [-0.4, -0.2) is 21.6 Å². The summed E-state index contributed by atoms with van der Waals surface area (Å²) < 4.78 is 2.68. The van der Waals surface area contributed by atoms with Gasteiger partial charge in [0.05, 0.1) is 6.04 Å². The molecular weight excluding hydrogens is 532 g/mol. The van der Waals surface area contributed by atoms with Crippen LogP contribution in [-0.2, 0) is 6.42 Å². The lowest BCUT2D eigenvalue weighted by Gasteiger charge is -2.39. The fraction of sp³-hybridized carbons (Fsp3) is 0.429. The Labute approximate surface area is 263 Å². The average molecular weight is 579 g/mol. The van der Waals surface area contributed by atoms with Crippen LogP contribution in [0.2, 0.25) is 0 Å². The van der Waals surface area contributed by atoms with E-state index in [9.17, 15) is 0 Å². The van der Waals surface area contributed by atoms with Crippen LogP contribution >= 0.6 is 0 Å². The van der Waals surface area contributed by atoms with E-state index in [1.165, 1.54) is 67.2 Å². The van der Waals surface area contributed by atoms with Gasteiger partial charge in [-0.25, -0.2) is 0 Å². The molecule has 0 saturated carbocycles. The van der Waals surface area contributed by atoms with Crippen molar-refractivity contribution >= 4 is 23.4 Å². The first-order valence-electron chi connectivity index (χ1n) is 17.7. The zero-order valence-corrected chi connectivity index (χ0v) is 26.0. The molecule has 0 N–H and O–H groups in total. The summed E-state index contributed by atoms with van der Waals surface area (Å²) in [6.45, 7) is 0. The minimum atomic E-state index is 0.478. The van der Waals surface area contributed by atoms with Crippen LogP contribution in [0.4, 0.5) is 0 Å². The number of aromatic nitrogens is 1. The van der Waals surface area contributed by atoms with Gasteiger partial charge in [-0.1, -0.05) is 91.1 Å². The summed E-state index contributed by atoms with van der Waals surface area (Å²) in [6.07, 6.45) is 54.8. The summed E-state index contributed by atoms with van der Waals surface area (Å²) in [4.78, 5) is 2.94. The van der Waals surface area contributed by atoms with Crippen LogP contribution in [0, 0.1) is 29.6 Å². The summed E-state index contributed by atoms with van der Waals surface area (Å²) in [7, 11) is 0. The van der Waals surface area contributed by atoms with Gasteiger partial charge in [0.1, 0.15) is 0 Å². The van der Waals surface area contributed by atoms with Gasteiger partial charge in [-0.2, -0.15) is 0 Å². The predicted octanol–water partition coefficient (Wildman–Crippen LogP) is 8.17. The number of hydrogen-bond acceptors (Lipinski definition) is 1. The summed E-state index contributed by atoms with van der Waals surface area (Å²) in [5.74, 6) is 3.23. The number of nitrogens with zero attached hydrogens (tertiary/aromatic N) is 2. The largest absolute Gasteiger partial charge is 0.364 e. The molecule has 0 amide bonds. The van der Waals surface area contributed by atoms with Gasteiger partial charge in [-0.3, -0.25) is 0 Å². The minimum absolute atomic E-state index is 0.478. The zero-order valence-electron chi connectivity index (χ0n) is 26.0. The summed E-state index contributed by atoms with van der Waals surface area (Å²) in [5.41, 5.74) is 7.78. The topological polar surface area (TPSA) is 8.17 Å². The van der Waals surface area contributed by atoms with E-state index in [1.54, 1.807) is 16.5 Å². The van der Waals surface area contributed by atoms with Gasteiger partial charge in [-0.05, 0) is 112 Å². The van der Waals surface area contributed by atoms with Crippen LogP contribution in [0.3, 0.4) is 0 Å². The quantitative estimate of drug-likeness (QED) is 0.327. The van der Waals surface area contributed by atoms with Gasteiger partial charge in [-0.15, -0.1) is 0 Å². The van der Waals surface area contributed by atoms with E-state index in [0.29, 0.717) is 35.8 Å². The molecule has 7 atom stereocenters. The van der Waals surface area contributed by atoms with Gasteiger partial charge >= 0.3 is 0 Å². The first-order valence-corrected chi connectivity index (χ1v) is 17.7. The number of rotatable bonds is 4. The third-order valence-corrected chi connectivity index (χ3v) is 12.1. The second-order valence-electron chi connectivity index (χ2n) is 14.4. The molecule has 9 rings (SSSR count). The van der Waals surface area contributed by atoms with E-state index in [0.717, 1.165) is 31.6 Å². The molecule has 1 aromatic rings. The van der Waals surface area contributed by atoms with Crippen molar-refractivity contribution in [1.29, 1.82) is 0 Å². The SMILES string of the molecule is C1=CCC(C2C=CC(n3c4c(c5c3=CCC3C=5C5C=CCCC5N3C3=CC=CC(C5CC=CCC5)C3)C=CCC4)=CC2)C=C1. The Bertz CT molecular complexity index is 1740. The average Bonchev–Trinajstić information content (AvgIpc) is 3.62. The van der Waals surface area contributed by atoms with Crippen molar-refractivity contribution in [2.45, 2.75) is 82.7 Å². The number of hydrogen-bond donors (Lipinski definition) is 0. The highest BCUT2D eigenvalue weighted by atomic mass is 15.2. The lowest BCUT2D eigenvalue weighted by molar-refractivity contribution is 0.211. The van der Waals surface area contributed by atoms with Crippen molar-refractivity contribution in [3.05, 3.63) is 119 Å². The molecule has 7 unspecified atom stereocenters. The maximum absolute atomic E-state index is 2.94. The monoisotopic (exact) mass is 578 g/mol. The maximum atomic E-state index is 2.94. The number of allylic oxidation sites excluding steroid dienone is 16. The molecule has 224 valence electrons. The fourth-order valence-electron chi connectivity index (χ4n) is 9.99. The highest BCUT2D eigenvalue weighted by Crippen LogP contribution is 2.48. The van der Waals surface area contributed by atoms with E-state index in [-0.39, 0.29) is 0 Å². The molecule has 8 aliphatic rings. The summed E-state index contributed by atoms with van der Waals surface area (Å²) in [6, 6.07) is 1.06. The fourth-order valence-corrected chi connectivity index (χ4v) is 9.99. The van der Waals surface area contributed by atoms with Crippen LogP contribution in [0.5, 0.6) is 0 Å². The standard InChI is InChI=1S/C42H46N2/c1-3-12-29(13-4-1)31-22-24-33(25-23-31)43-37-20-9-7-18-35(37)41-39(43)26-27-40-42(41)36-19-8-10-21-38(36)44(40)34-17-11-16-32(28-34)30-14-5-2-6-15-30/h1-5,7-8,11-12,16-19,22,24-26,29-32,36,38,40H,6,9-10,13-15,20-21,23,27-28H2. The molecule has 1 saturated heterocycles. The van der Waals surface area contributed by atoms with Gasteiger partial charge in [0, 0.05) is 45.2 Å². The third kappa shape index (κ3) is 4.35. The molecule has 0 aromatic carbocycles. The molecule has 1 aromatic heterocycles. The highest BCUT2D eigenvalue weighted by molar-refractivity contribution is 5.74. The number of likely N-dealkylation sites (tertiary alicyclic amines) is 1. The molecule has 2 heteroatoms. The van der Waals surface area contributed by atoms with Crippen LogP contribution < -0.4 is 10.6 Å². The molecule has 7 aliphatic carbocycles. The molecular formula is C42H46N2. The Morgan fingerprint density at radius 1 is 0.682 bits per heavy atom. The van der Waals surface area contributed by atoms with Crippen molar-refractivity contribution in [2.24, 2.45) is 29.6 Å². The Hall–Kier alpha value is -3.52. The molecule has 1 aliphatic heterocycles. The Morgan fingerprint density at radius 2 is 1.61 bits per heavy atom. The molecule has 2 nitrogen and oxygen atoms in total. The molecule has 2 heterocycles. The summed E-state index contributed by atoms with van der Waals surface area (Å²) in [5, 5.41) is 3.06. The van der Waals surface area contributed by atoms with E-state index >= 15 is 0 Å². The molecule has 1 fully saturated rings. The van der Waals surface area contributed by atoms with Crippen LogP contribution in [0.15, 0.2) is 96.8 Å². The molecule has 44 heavy (non-hydrogen) atoms. The predicted molar refractivity (Wildman–Crippen MR) is 185 cm³/mol. The number of fused-ring (bicyclic) bond motifs is 6. The first-order chi connectivity index (χ1) is 21.8. The summed E-state index contributed by atoms with van der Waals surface area (Å²) >= 11 is 0. The minimum Gasteiger partial charge on any atom is -0.364 e. The first kappa shape index (κ1) is 26.8. The lowest BCUT2D eigenvalue weighted by atomic mass is 9.78. The Balaban J connectivity index is 1.12. The highest BCUT2D eigenvalue weighted by Gasteiger charge is 2.47. The Morgan fingerprint density at radius 3 is 2.48 bits per heavy atom. The van der Waals surface area contributed by atoms with Gasteiger partial charge in [0.25, 0.3) is 0 Å². The Kier molecular flexibility index (Phi) is 6.79. The van der Waals surface area contributed by atoms with Crippen molar-refractivity contribution in [2.75, 3.05) is 0 Å². The second kappa shape index (κ2) is 11.1. The second-order valence-corrected chi connectivity index (χ2v) is 14.4. The van der Waals surface area contributed by atoms with Crippen molar-refractivity contribution in [1.82, 2.24) is 9.47 Å². The molecule has 0 bridgehead atoms. The van der Waals surface area contributed by atoms with E-state index < -0.39 is 0 Å². The van der Waals surface area contributed by atoms with E-state index in [1.807, 2.05) is 0 Å². The van der Waals surface area contributed by atoms with Gasteiger partial charge in [0.2, 0.25) is 0 Å². The van der Waals surface area contributed by atoms with Crippen LogP contribution in [0.1, 0.15) is 75.5 Å².